The van der Waals surface area contributed by atoms with Crippen LogP contribution in [0.15, 0.2) is 29.9 Å². The minimum atomic E-state index is 0.425. The lowest BCUT2D eigenvalue weighted by Crippen LogP contribution is -2.42. The first-order valence-electron chi connectivity index (χ1n) is 6.97. The Kier molecular flexibility index (Phi) is 4.81. The van der Waals surface area contributed by atoms with E-state index in [1.165, 1.54) is 4.88 Å². The number of hydrogen-bond acceptors (Lipinski definition) is 5. The minimum absolute atomic E-state index is 0.425. The molecule has 0 aliphatic carbocycles. The highest BCUT2D eigenvalue weighted by Crippen LogP contribution is 2.25. The molecule has 6 heteroatoms. The number of aromatic amines is 1. The van der Waals surface area contributed by atoms with Crippen molar-refractivity contribution in [1.82, 2.24) is 20.2 Å². The van der Waals surface area contributed by atoms with Crippen molar-refractivity contribution in [2.75, 3.05) is 32.8 Å². The second-order valence-corrected chi connectivity index (χ2v) is 5.83. The van der Waals surface area contributed by atoms with Gasteiger partial charge in [0.15, 0.2) is 0 Å². The third-order valence-corrected chi connectivity index (χ3v) is 4.52. The molecule has 2 aromatic heterocycles. The summed E-state index contributed by atoms with van der Waals surface area (Å²) < 4.78 is 5.46. The fourth-order valence-electron chi connectivity index (χ4n) is 2.50. The Bertz CT molecular complexity index is 479. The molecule has 0 aromatic carbocycles. The van der Waals surface area contributed by atoms with Crippen LogP contribution < -0.4 is 5.32 Å². The number of thiophene rings is 1. The van der Waals surface area contributed by atoms with Crippen LogP contribution in [0.3, 0.4) is 0 Å². The molecular weight excluding hydrogens is 272 g/mol. The number of imidazole rings is 1. The van der Waals surface area contributed by atoms with Crippen molar-refractivity contribution >= 4 is 11.3 Å². The Labute approximate surface area is 123 Å². The van der Waals surface area contributed by atoms with E-state index < -0.39 is 0 Å². The van der Waals surface area contributed by atoms with Gasteiger partial charge in [-0.2, -0.15) is 0 Å². The zero-order valence-corrected chi connectivity index (χ0v) is 12.2. The molecular formula is C14H20N4OS. The molecule has 0 spiro atoms. The van der Waals surface area contributed by atoms with Crippen molar-refractivity contribution in [3.63, 3.8) is 0 Å². The summed E-state index contributed by atoms with van der Waals surface area (Å²) in [4.78, 5) is 11.3. The lowest BCUT2D eigenvalue weighted by molar-refractivity contribution is 0.0168. The predicted octanol–water partition coefficient (Wildman–Crippen LogP) is 1.63. The number of nitrogens with zero attached hydrogens (tertiary/aromatic N) is 2. The first kappa shape index (κ1) is 13.8. The largest absolute Gasteiger partial charge is 0.379 e. The molecule has 0 radical (unpaired) electrons. The Morgan fingerprint density at radius 1 is 1.45 bits per heavy atom. The summed E-state index contributed by atoms with van der Waals surface area (Å²) >= 11 is 1.83. The van der Waals surface area contributed by atoms with Crippen LogP contribution in [-0.2, 0) is 11.3 Å². The quantitative estimate of drug-likeness (QED) is 0.850. The van der Waals surface area contributed by atoms with E-state index >= 15 is 0 Å². The molecule has 0 unspecified atom stereocenters. The van der Waals surface area contributed by atoms with Gasteiger partial charge in [0.1, 0.15) is 5.82 Å². The molecule has 1 atom stereocenters. The zero-order valence-electron chi connectivity index (χ0n) is 11.4. The van der Waals surface area contributed by atoms with E-state index in [4.69, 9.17) is 4.74 Å². The van der Waals surface area contributed by atoms with Crippen LogP contribution in [-0.4, -0.2) is 47.7 Å². The molecule has 20 heavy (non-hydrogen) atoms. The normalized spacial score (nSPS) is 18.2. The van der Waals surface area contributed by atoms with E-state index in [0.29, 0.717) is 6.04 Å². The molecule has 0 bridgehead atoms. The maximum Gasteiger partial charge on any atom is 0.120 e. The number of ether oxygens (including phenoxy) is 1. The topological polar surface area (TPSA) is 53.2 Å². The van der Waals surface area contributed by atoms with Crippen molar-refractivity contribution in [2.45, 2.75) is 12.6 Å². The van der Waals surface area contributed by atoms with Crippen LogP contribution in [0.4, 0.5) is 0 Å². The molecule has 2 N–H and O–H groups in total. The molecule has 5 nitrogen and oxygen atoms in total. The van der Waals surface area contributed by atoms with Crippen LogP contribution in [0.5, 0.6) is 0 Å². The predicted molar refractivity (Wildman–Crippen MR) is 79.7 cm³/mol. The third kappa shape index (κ3) is 3.46. The summed E-state index contributed by atoms with van der Waals surface area (Å²) in [6, 6.07) is 4.77. The molecule has 0 amide bonds. The van der Waals surface area contributed by atoms with Crippen LogP contribution in [0, 0.1) is 0 Å². The molecule has 2 aromatic rings. The fraction of sp³-hybridized carbons (Fsp3) is 0.500. The first-order chi connectivity index (χ1) is 9.93. The summed E-state index contributed by atoms with van der Waals surface area (Å²) in [6.07, 6.45) is 3.64. The molecule has 1 aliphatic rings. The van der Waals surface area contributed by atoms with E-state index in [1.54, 1.807) is 6.20 Å². The number of hydrogen-bond donors (Lipinski definition) is 2. The number of morpholine rings is 1. The Morgan fingerprint density at radius 2 is 2.35 bits per heavy atom. The molecule has 1 fully saturated rings. The van der Waals surface area contributed by atoms with Gasteiger partial charge in [-0.15, -0.1) is 11.3 Å². The van der Waals surface area contributed by atoms with Crippen LogP contribution in [0.2, 0.25) is 0 Å². The van der Waals surface area contributed by atoms with E-state index in [-0.39, 0.29) is 0 Å². The summed E-state index contributed by atoms with van der Waals surface area (Å²) in [5.74, 6) is 0.983. The maximum atomic E-state index is 5.46. The summed E-state index contributed by atoms with van der Waals surface area (Å²) in [7, 11) is 0. The lowest BCUT2D eigenvalue weighted by atomic mass is 10.2. The Balaban J connectivity index is 1.60. The van der Waals surface area contributed by atoms with Gasteiger partial charge in [0.25, 0.3) is 0 Å². The third-order valence-electron chi connectivity index (χ3n) is 3.54. The Morgan fingerprint density at radius 3 is 3.05 bits per heavy atom. The van der Waals surface area contributed by atoms with E-state index in [9.17, 15) is 0 Å². The average Bonchev–Trinajstić information content (AvgIpc) is 3.18. The SMILES string of the molecule is c1csc([C@H](CNCc2ncc[nH]2)N2CCOCC2)c1. The van der Waals surface area contributed by atoms with Gasteiger partial charge in [-0.05, 0) is 11.4 Å². The molecule has 3 heterocycles. The van der Waals surface area contributed by atoms with Gasteiger partial charge in [0.2, 0.25) is 0 Å². The molecule has 0 saturated carbocycles. The summed E-state index contributed by atoms with van der Waals surface area (Å²) in [5, 5.41) is 5.65. The highest BCUT2D eigenvalue weighted by molar-refractivity contribution is 7.10. The van der Waals surface area contributed by atoms with E-state index in [1.807, 2.05) is 17.5 Å². The minimum Gasteiger partial charge on any atom is -0.379 e. The van der Waals surface area contributed by atoms with Crippen molar-refractivity contribution in [1.29, 1.82) is 0 Å². The second-order valence-electron chi connectivity index (χ2n) is 4.85. The van der Waals surface area contributed by atoms with Gasteiger partial charge in [-0.25, -0.2) is 4.98 Å². The highest BCUT2D eigenvalue weighted by Gasteiger charge is 2.22. The fourth-order valence-corrected chi connectivity index (χ4v) is 3.36. The monoisotopic (exact) mass is 292 g/mol. The average molecular weight is 292 g/mol. The van der Waals surface area contributed by atoms with Gasteiger partial charge >= 0.3 is 0 Å². The number of rotatable bonds is 6. The highest BCUT2D eigenvalue weighted by atomic mass is 32.1. The van der Waals surface area contributed by atoms with Gasteiger partial charge in [-0.1, -0.05) is 6.07 Å². The van der Waals surface area contributed by atoms with Crippen molar-refractivity contribution in [3.05, 3.63) is 40.6 Å². The van der Waals surface area contributed by atoms with Crippen molar-refractivity contribution < 1.29 is 4.74 Å². The van der Waals surface area contributed by atoms with Crippen LogP contribution in [0.1, 0.15) is 16.7 Å². The smallest absolute Gasteiger partial charge is 0.120 e. The molecule has 108 valence electrons. The first-order valence-corrected chi connectivity index (χ1v) is 7.85. The van der Waals surface area contributed by atoms with Gasteiger partial charge in [0, 0.05) is 36.9 Å². The second kappa shape index (κ2) is 6.99. The van der Waals surface area contributed by atoms with Crippen LogP contribution in [0.25, 0.3) is 0 Å². The van der Waals surface area contributed by atoms with Gasteiger partial charge in [0.05, 0.1) is 25.8 Å². The maximum absolute atomic E-state index is 5.46. The lowest BCUT2D eigenvalue weighted by Gasteiger charge is -2.34. The summed E-state index contributed by atoms with van der Waals surface area (Å²) in [5.41, 5.74) is 0. The zero-order chi connectivity index (χ0) is 13.6. The van der Waals surface area contributed by atoms with Crippen molar-refractivity contribution in [3.8, 4) is 0 Å². The summed E-state index contributed by atoms with van der Waals surface area (Å²) in [6.45, 7) is 5.39. The Hall–Kier alpha value is -1.21. The van der Waals surface area contributed by atoms with Gasteiger partial charge in [-0.3, -0.25) is 4.90 Å². The number of aromatic nitrogens is 2. The van der Waals surface area contributed by atoms with E-state index in [0.717, 1.165) is 45.2 Å². The van der Waals surface area contributed by atoms with Crippen molar-refractivity contribution in [2.24, 2.45) is 0 Å². The molecule has 1 aliphatic heterocycles. The standard InChI is InChI=1S/C14H20N4OS/c1-2-13(20-9-1)12(18-5-7-19-8-6-18)10-15-11-14-16-3-4-17-14/h1-4,9,12,15H,5-8,10-11H2,(H,16,17)/t12-/m0/s1. The molecule has 3 rings (SSSR count). The van der Waals surface area contributed by atoms with Crippen LogP contribution >= 0.6 is 11.3 Å². The van der Waals surface area contributed by atoms with E-state index in [2.05, 4.69) is 37.7 Å². The number of nitrogens with one attached hydrogen (secondary N) is 2. The molecule has 1 saturated heterocycles. The van der Waals surface area contributed by atoms with Gasteiger partial charge < -0.3 is 15.0 Å². The number of H-pyrrole nitrogens is 1.